The lowest BCUT2D eigenvalue weighted by Crippen LogP contribution is -2.32. The Labute approximate surface area is 81.7 Å². The van der Waals surface area contributed by atoms with E-state index in [2.05, 4.69) is 12.2 Å². The molecule has 0 aliphatic heterocycles. The molecule has 3 N–H and O–H groups in total. The van der Waals surface area contributed by atoms with Crippen molar-refractivity contribution in [2.45, 2.75) is 6.04 Å². The van der Waals surface area contributed by atoms with Gasteiger partial charge in [-0.3, -0.25) is 4.79 Å². The first-order chi connectivity index (χ1) is 6.20. The van der Waals surface area contributed by atoms with Crippen LogP contribution in [0, 0.1) is 5.92 Å². The van der Waals surface area contributed by atoms with E-state index in [4.69, 9.17) is 10.8 Å². The summed E-state index contributed by atoms with van der Waals surface area (Å²) in [5.74, 6) is 0.914. The van der Waals surface area contributed by atoms with Crippen LogP contribution in [0.5, 0.6) is 0 Å². The highest BCUT2D eigenvalue weighted by atomic mass is 32.2. The normalized spacial score (nSPS) is 17.9. The minimum absolute atomic E-state index is 0.450. The fourth-order valence-electron chi connectivity index (χ4n) is 0.991. The molecule has 0 bridgehead atoms. The minimum atomic E-state index is -0.926. The van der Waals surface area contributed by atoms with Crippen molar-refractivity contribution < 1.29 is 9.90 Å². The number of carbonyl (C=O) groups is 1. The van der Waals surface area contributed by atoms with Crippen molar-refractivity contribution in [3.05, 3.63) is 24.3 Å². The van der Waals surface area contributed by atoms with Crippen molar-refractivity contribution in [1.29, 1.82) is 0 Å². The smallest absolute Gasteiger partial charge is 0.321 e. The molecule has 1 atom stereocenters. The molecule has 0 unspecified atom stereocenters. The van der Waals surface area contributed by atoms with Crippen LogP contribution in [0.4, 0.5) is 0 Å². The number of nitrogens with two attached hydrogens (primary N) is 1. The highest BCUT2D eigenvalue weighted by Crippen LogP contribution is 2.15. The molecule has 0 aromatic heterocycles. The number of carboxylic acid groups (broad SMARTS) is 1. The molecule has 0 spiro atoms. The van der Waals surface area contributed by atoms with Crippen molar-refractivity contribution in [3.63, 3.8) is 0 Å². The standard InChI is InChI=1S/C9H13NO2S/c10-8(9(11)12)6-13-5-7-3-1-2-4-7/h1-4,7-8H,5-6,10H2,(H,11,12)/t8-/m0/s1. The van der Waals surface area contributed by atoms with Crippen molar-refractivity contribution in [1.82, 2.24) is 0 Å². The lowest BCUT2D eigenvalue weighted by atomic mass is 10.2. The Balaban J connectivity index is 2.10. The maximum absolute atomic E-state index is 10.4. The van der Waals surface area contributed by atoms with Gasteiger partial charge < -0.3 is 10.8 Å². The van der Waals surface area contributed by atoms with Crippen LogP contribution in [0.25, 0.3) is 0 Å². The SMILES string of the molecule is N[C@@H](CSCC1C=CC=C1)C(=O)O. The molecule has 13 heavy (non-hydrogen) atoms. The van der Waals surface area contributed by atoms with Crippen LogP contribution < -0.4 is 5.73 Å². The van der Waals surface area contributed by atoms with Crippen LogP contribution in [-0.2, 0) is 4.79 Å². The third kappa shape index (κ3) is 3.65. The zero-order chi connectivity index (χ0) is 9.68. The third-order valence-corrected chi connectivity index (χ3v) is 2.97. The summed E-state index contributed by atoms with van der Waals surface area (Å²) < 4.78 is 0. The van der Waals surface area contributed by atoms with E-state index in [9.17, 15) is 4.79 Å². The number of allylic oxidation sites excluding steroid dienone is 4. The van der Waals surface area contributed by atoms with Gasteiger partial charge in [0.15, 0.2) is 0 Å². The van der Waals surface area contributed by atoms with Crippen LogP contribution >= 0.6 is 11.8 Å². The van der Waals surface area contributed by atoms with Gasteiger partial charge in [0.25, 0.3) is 0 Å². The van der Waals surface area contributed by atoms with Crippen molar-refractivity contribution in [2.24, 2.45) is 11.7 Å². The van der Waals surface area contributed by atoms with Gasteiger partial charge in [0.1, 0.15) is 6.04 Å². The predicted octanol–water partition coefficient (Wildman–Crippen LogP) is 0.874. The average molecular weight is 199 g/mol. The lowest BCUT2D eigenvalue weighted by Gasteiger charge is -2.07. The number of hydrogen-bond acceptors (Lipinski definition) is 3. The predicted molar refractivity (Wildman–Crippen MR) is 54.7 cm³/mol. The average Bonchev–Trinajstić information content (AvgIpc) is 2.56. The molecule has 1 aliphatic rings. The molecule has 0 aromatic carbocycles. The van der Waals surface area contributed by atoms with E-state index in [1.54, 1.807) is 11.8 Å². The Hall–Kier alpha value is -0.740. The summed E-state index contributed by atoms with van der Waals surface area (Å²) in [6.07, 6.45) is 8.20. The molecule has 72 valence electrons. The highest BCUT2D eigenvalue weighted by Gasteiger charge is 2.12. The number of carboxylic acids is 1. The van der Waals surface area contributed by atoms with Gasteiger partial charge in [0, 0.05) is 17.4 Å². The zero-order valence-corrected chi connectivity index (χ0v) is 8.04. The number of hydrogen-bond donors (Lipinski definition) is 2. The molecule has 0 amide bonds. The van der Waals surface area contributed by atoms with Gasteiger partial charge in [-0.2, -0.15) is 11.8 Å². The molecule has 0 saturated carbocycles. The highest BCUT2D eigenvalue weighted by molar-refractivity contribution is 7.99. The van der Waals surface area contributed by atoms with E-state index in [1.165, 1.54) is 0 Å². The third-order valence-electron chi connectivity index (χ3n) is 1.75. The molecule has 3 nitrogen and oxygen atoms in total. The molecule has 0 radical (unpaired) electrons. The van der Waals surface area contributed by atoms with E-state index in [-0.39, 0.29) is 0 Å². The summed E-state index contributed by atoms with van der Waals surface area (Å²) in [6.45, 7) is 0. The summed E-state index contributed by atoms with van der Waals surface area (Å²) in [4.78, 5) is 10.4. The van der Waals surface area contributed by atoms with Crippen LogP contribution in [0.3, 0.4) is 0 Å². The van der Waals surface area contributed by atoms with Gasteiger partial charge in [-0.15, -0.1) is 0 Å². The largest absolute Gasteiger partial charge is 0.480 e. The van der Waals surface area contributed by atoms with E-state index in [1.807, 2.05) is 12.2 Å². The first-order valence-electron chi connectivity index (χ1n) is 4.11. The summed E-state index contributed by atoms with van der Waals surface area (Å²) in [5, 5.41) is 8.51. The second-order valence-electron chi connectivity index (χ2n) is 2.92. The maximum Gasteiger partial charge on any atom is 0.321 e. The molecular weight excluding hydrogens is 186 g/mol. The molecule has 0 saturated heterocycles. The van der Waals surface area contributed by atoms with Crippen LogP contribution in [0.1, 0.15) is 0 Å². The lowest BCUT2D eigenvalue weighted by molar-refractivity contribution is -0.137. The van der Waals surface area contributed by atoms with Crippen LogP contribution in [0.2, 0.25) is 0 Å². The van der Waals surface area contributed by atoms with Gasteiger partial charge in [0.2, 0.25) is 0 Å². The van der Waals surface area contributed by atoms with Gasteiger partial charge >= 0.3 is 5.97 Å². The zero-order valence-electron chi connectivity index (χ0n) is 7.22. The Bertz CT molecular complexity index is 226. The number of rotatable bonds is 5. The van der Waals surface area contributed by atoms with Crippen LogP contribution in [-0.4, -0.2) is 28.6 Å². The Morgan fingerprint density at radius 3 is 2.69 bits per heavy atom. The molecule has 0 fully saturated rings. The summed E-state index contributed by atoms with van der Waals surface area (Å²) >= 11 is 1.58. The van der Waals surface area contributed by atoms with E-state index in [0.717, 1.165) is 5.75 Å². The summed E-state index contributed by atoms with van der Waals surface area (Å²) in [6, 6.07) is -0.737. The van der Waals surface area contributed by atoms with Gasteiger partial charge in [-0.05, 0) is 0 Å². The van der Waals surface area contributed by atoms with Crippen molar-refractivity contribution in [3.8, 4) is 0 Å². The van der Waals surface area contributed by atoms with Gasteiger partial charge in [0.05, 0.1) is 0 Å². The van der Waals surface area contributed by atoms with Crippen LogP contribution in [0.15, 0.2) is 24.3 Å². The second kappa shape index (κ2) is 5.09. The van der Waals surface area contributed by atoms with E-state index >= 15 is 0 Å². The fraction of sp³-hybridized carbons (Fsp3) is 0.444. The monoisotopic (exact) mass is 199 g/mol. The first-order valence-corrected chi connectivity index (χ1v) is 5.26. The van der Waals surface area contributed by atoms with Crippen molar-refractivity contribution in [2.75, 3.05) is 11.5 Å². The maximum atomic E-state index is 10.4. The quantitative estimate of drug-likeness (QED) is 0.689. The molecule has 4 heteroatoms. The number of thioether (sulfide) groups is 1. The molecule has 0 heterocycles. The molecule has 1 rings (SSSR count). The molecular formula is C9H13NO2S. The second-order valence-corrected chi connectivity index (χ2v) is 3.99. The molecule has 1 aliphatic carbocycles. The van der Waals surface area contributed by atoms with E-state index in [0.29, 0.717) is 11.7 Å². The van der Waals surface area contributed by atoms with Gasteiger partial charge in [-0.25, -0.2) is 0 Å². The van der Waals surface area contributed by atoms with Gasteiger partial charge in [-0.1, -0.05) is 24.3 Å². The fourth-order valence-corrected chi connectivity index (χ4v) is 2.02. The molecule has 0 aromatic rings. The minimum Gasteiger partial charge on any atom is -0.480 e. The number of aliphatic carboxylic acids is 1. The first kappa shape index (κ1) is 10.3. The van der Waals surface area contributed by atoms with E-state index < -0.39 is 12.0 Å². The Kier molecular flexibility index (Phi) is 4.05. The Morgan fingerprint density at radius 1 is 1.54 bits per heavy atom. The Morgan fingerprint density at radius 2 is 2.15 bits per heavy atom. The van der Waals surface area contributed by atoms with Crippen molar-refractivity contribution >= 4 is 17.7 Å². The summed E-state index contributed by atoms with van der Waals surface area (Å²) in [5.41, 5.74) is 5.34. The summed E-state index contributed by atoms with van der Waals surface area (Å²) in [7, 11) is 0. The topological polar surface area (TPSA) is 63.3 Å².